The Kier molecular flexibility index (Phi) is 9.16. The van der Waals surface area contributed by atoms with E-state index in [1.807, 2.05) is 0 Å². The van der Waals surface area contributed by atoms with E-state index >= 15 is 0 Å². The number of piperazine rings is 1. The topological polar surface area (TPSA) is 35.6 Å². The van der Waals surface area contributed by atoms with Gasteiger partial charge in [-0.1, -0.05) is 32.1 Å². The van der Waals surface area contributed by atoms with Crippen LogP contribution >= 0.6 is 0 Å². The molecule has 1 N–H and O–H groups in total. The van der Waals surface area contributed by atoms with Crippen molar-refractivity contribution in [3.63, 3.8) is 0 Å². The minimum absolute atomic E-state index is 0.122. The predicted octanol–water partition coefficient (Wildman–Crippen LogP) is 5.63. The van der Waals surface area contributed by atoms with Crippen molar-refractivity contribution >= 4 is 5.91 Å². The maximum atomic E-state index is 13.4. The average molecular weight is 526 g/mol. The van der Waals surface area contributed by atoms with Gasteiger partial charge in [0.15, 0.2) is 0 Å². The summed E-state index contributed by atoms with van der Waals surface area (Å²) in [6.07, 6.45) is -1.92. The number of hydrogen-bond acceptors (Lipinski definition) is 3. The standard InChI is InChI=1S/C26H41F6N3O/c27-25(28,29)21-14-19(15-22(16-21)26(30,31)32)17-33-24(36)23(20-4-2-1-3-5-20)35-12-10-34(11-13-35)9-8-18-6-7-18/h18-23H,1-17H2,(H,33,36). The van der Waals surface area contributed by atoms with Crippen molar-refractivity contribution in [3.05, 3.63) is 0 Å². The Morgan fingerprint density at radius 1 is 0.778 bits per heavy atom. The molecule has 0 spiro atoms. The monoisotopic (exact) mass is 525 g/mol. The van der Waals surface area contributed by atoms with Crippen molar-refractivity contribution in [1.82, 2.24) is 15.1 Å². The van der Waals surface area contributed by atoms with Crippen LogP contribution in [-0.2, 0) is 4.79 Å². The van der Waals surface area contributed by atoms with Crippen LogP contribution < -0.4 is 5.32 Å². The number of amides is 1. The number of alkyl halides is 6. The first-order valence-corrected chi connectivity index (χ1v) is 13.9. The molecule has 0 radical (unpaired) electrons. The normalized spacial score (nSPS) is 30.8. The molecule has 3 atom stereocenters. The van der Waals surface area contributed by atoms with E-state index in [2.05, 4.69) is 15.1 Å². The molecule has 3 unspecified atom stereocenters. The van der Waals surface area contributed by atoms with Crippen molar-refractivity contribution in [2.24, 2.45) is 29.6 Å². The molecule has 4 fully saturated rings. The van der Waals surface area contributed by atoms with Crippen molar-refractivity contribution in [2.75, 3.05) is 39.3 Å². The fourth-order valence-electron chi connectivity index (χ4n) is 6.65. The van der Waals surface area contributed by atoms with E-state index in [1.165, 1.54) is 19.3 Å². The molecule has 0 aromatic heterocycles. The zero-order chi connectivity index (χ0) is 25.9. The maximum absolute atomic E-state index is 13.4. The van der Waals surface area contributed by atoms with Crippen LogP contribution in [0.1, 0.15) is 70.6 Å². The van der Waals surface area contributed by atoms with Gasteiger partial charge in [-0.25, -0.2) is 0 Å². The molecular weight excluding hydrogens is 484 g/mol. The van der Waals surface area contributed by atoms with Crippen LogP contribution in [0.3, 0.4) is 0 Å². The number of hydrogen-bond donors (Lipinski definition) is 1. The van der Waals surface area contributed by atoms with Crippen LogP contribution in [0.4, 0.5) is 26.3 Å². The lowest BCUT2D eigenvalue weighted by molar-refractivity contribution is -0.228. The summed E-state index contributed by atoms with van der Waals surface area (Å²) >= 11 is 0. The van der Waals surface area contributed by atoms with E-state index in [0.717, 1.165) is 70.7 Å². The molecule has 4 aliphatic rings. The molecule has 208 valence electrons. The van der Waals surface area contributed by atoms with E-state index in [1.54, 1.807) is 0 Å². The fourth-order valence-corrected chi connectivity index (χ4v) is 6.65. The Hall–Kier alpha value is -1.03. The van der Waals surface area contributed by atoms with Gasteiger partial charge >= 0.3 is 12.4 Å². The molecule has 0 aromatic rings. The number of carbonyl (C=O) groups is 1. The van der Waals surface area contributed by atoms with Crippen molar-refractivity contribution in [2.45, 2.75) is 89.0 Å². The highest BCUT2D eigenvalue weighted by Crippen LogP contribution is 2.47. The molecule has 1 aliphatic heterocycles. The molecule has 1 amide bonds. The second-order valence-electron chi connectivity index (χ2n) is 11.7. The van der Waals surface area contributed by atoms with Crippen molar-refractivity contribution in [1.29, 1.82) is 0 Å². The van der Waals surface area contributed by atoms with Gasteiger partial charge in [0.1, 0.15) is 0 Å². The maximum Gasteiger partial charge on any atom is 0.391 e. The summed E-state index contributed by atoms with van der Waals surface area (Å²) in [5, 5.41) is 2.82. The molecule has 36 heavy (non-hydrogen) atoms. The number of carbonyl (C=O) groups excluding carboxylic acids is 1. The summed E-state index contributed by atoms with van der Waals surface area (Å²) in [4.78, 5) is 18.1. The molecule has 1 saturated heterocycles. The summed E-state index contributed by atoms with van der Waals surface area (Å²) < 4.78 is 80.1. The summed E-state index contributed by atoms with van der Waals surface area (Å²) in [6.45, 7) is 4.30. The first-order chi connectivity index (χ1) is 17.0. The molecule has 4 nitrogen and oxygen atoms in total. The van der Waals surface area contributed by atoms with Crippen LogP contribution in [0.25, 0.3) is 0 Å². The second kappa shape index (κ2) is 11.8. The van der Waals surface area contributed by atoms with E-state index < -0.39 is 36.5 Å². The van der Waals surface area contributed by atoms with E-state index in [9.17, 15) is 31.1 Å². The average Bonchev–Trinajstić information content (AvgIpc) is 3.66. The van der Waals surface area contributed by atoms with Gasteiger partial charge in [-0.05, 0) is 62.8 Å². The zero-order valence-electron chi connectivity index (χ0n) is 21.1. The number of nitrogens with one attached hydrogen (secondary N) is 1. The largest absolute Gasteiger partial charge is 0.391 e. The number of halogens is 6. The van der Waals surface area contributed by atoms with Gasteiger partial charge in [0, 0.05) is 32.7 Å². The molecule has 10 heteroatoms. The molecule has 1 heterocycles. The Morgan fingerprint density at radius 3 is 1.89 bits per heavy atom. The third kappa shape index (κ3) is 7.74. The lowest BCUT2D eigenvalue weighted by Gasteiger charge is -2.43. The Labute approximate surface area is 210 Å². The quantitative estimate of drug-likeness (QED) is 0.418. The second-order valence-corrected chi connectivity index (χ2v) is 11.7. The van der Waals surface area contributed by atoms with E-state index in [0.29, 0.717) is 0 Å². The van der Waals surface area contributed by atoms with E-state index in [4.69, 9.17) is 0 Å². The Morgan fingerprint density at radius 2 is 1.36 bits per heavy atom. The van der Waals surface area contributed by atoms with Crippen molar-refractivity contribution < 1.29 is 31.1 Å². The van der Waals surface area contributed by atoms with Crippen LogP contribution in [0.15, 0.2) is 0 Å². The van der Waals surface area contributed by atoms with Gasteiger partial charge in [-0.15, -0.1) is 0 Å². The van der Waals surface area contributed by atoms with Gasteiger partial charge < -0.3 is 10.2 Å². The number of rotatable bonds is 8. The van der Waals surface area contributed by atoms with Crippen molar-refractivity contribution in [3.8, 4) is 0 Å². The lowest BCUT2D eigenvalue weighted by atomic mass is 9.74. The lowest BCUT2D eigenvalue weighted by Crippen LogP contribution is -2.58. The highest BCUT2D eigenvalue weighted by atomic mass is 19.4. The summed E-state index contributed by atoms with van der Waals surface area (Å²) in [6, 6.07) is -0.351. The molecular formula is C26H41F6N3O. The van der Waals surface area contributed by atoms with Crippen LogP contribution in [0.5, 0.6) is 0 Å². The molecule has 3 aliphatic carbocycles. The Bertz CT molecular complexity index is 689. The third-order valence-electron chi connectivity index (χ3n) is 9.01. The molecule has 0 bridgehead atoms. The zero-order valence-corrected chi connectivity index (χ0v) is 21.1. The SMILES string of the molecule is O=C(NCC1CC(C(F)(F)F)CC(C(F)(F)F)C1)C(C1CCCCC1)N1CCN(CCC2CC2)CC1. The Balaban J connectivity index is 1.36. The predicted molar refractivity (Wildman–Crippen MR) is 125 cm³/mol. The summed E-state index contributed by atoms with van der Waals surface area (Å²) in [7, 11) is 0. The molecule has 3 saturated carbocycles. The first kappa shape index (κ1) is 28.0. The van der Waals surface area contributed by atoms with Gasteiger partial charge in [0.2, 0.25) is 5.91 Å². The van der Waals surface area contributed by atoms with Gasteiger partial charge in [-0.3, -0.25) is 9.69 Å². The van der Waals surface area contributed by atoms with Gasteiger partial charge in [-0.2, -0.15) is 26.3 Å². The first-order valence-electron chi connectivity index (χ1n) is 13.9. The summed E-state index contributed by atoms with van der Waals surface area (Å²) in [5.41, 5.74) is 0. The highest BCUT2D eigenvalue weighted by molar-refractivity contribution is 5.82. The molecule has 0 aromatic carbocycles. The van der Waals surface area contributed by atoms with Crippen LogP contribution in [-0.4, -0.2) is 73.4 Å². The summed E-state index contributed by atoms with van der Waals surface area (Å²) in [5.74, 6) is -3.93. The van der Waals surface area contributed by atoms with Crippen LogP contribution in [0.2, 0.25) is 0 Å². The number of nitrogens with zero attached hydrogens (tertiary/aromatic N) is 2. The molecule has 4 rings (SSSR count). The smallest absolute Gasteiger partial charge is 0.354 e. The minimum atomic E-state index is -4.66. The van der Waals surface area contributed by atoms with Crippen LogP contribution in [0, 0.1) is 29.6 Å². The highest BCUT2D eigenvalue weighted by Gasteiger charge is 2.52. The minimum Gasteiger partial charge on any atom is -0.354 e. The van der Waals surface area contributed by atoms with E-state index in [-0.39, 0.29) is 37.3 Å². The van der Waals surface area contributed by atoms with Gasteiger partial charge in [0.05, 0.1) is 17.9 Å². The fraction of sp³-hybridized carbons (Fsp3) is 0.962. The van der Waals surface area contributed by atoms with Gasteiger partial charge in [0.25, 0.3) is 0 Å². The third-order valence-corrected chi connectivity index (χ3v) is 9.01.